The van der Waals surface area contributed by atoms with Crippen LogP contribution in [0, 0.1) is 0 Å². The first-order valence-electron chi connectivity index (χ1n) is 5.14. The van der Waals surface area contributed by atoms with Crippen molar-refractivity contribution in [2.24, 2.45) is 10.1 Å². The Kier molecular flexibility index (Phi) is 3.50. The fourth-order valence-electron chi connectivity index (χ4n) is 1.39. The molecule has 0 spiro atoms. The van der Waals surface area contributed by atoms with Gasteiger partial charge in [0.15, 0.2) is 0 Å². The zero-order valence-corrected chi connectivity index (χ0v) is 10.2. The molecular weight excluding hydrogens is 250 g/mol. The third kappa shape index (κ3) is 2.99. The van der Waals surface area contributed by atoms with Crippen LogP contribution in [0.1, 0.15) is 5.69 Å². The molecule has 1 heterocycles. The SMILES string of the molecule is NS(=O)(=O)c1ccccc1N=Cc1ccccn1. The Morgan fingerprint density at radius 1 is 1.11 bits per heavy atom. The summed E-state index contributed by atoms with van der Waals surface area (Å²) in [5, 5.41) is 5.11. The summed E-state index contributed by atoms with van der Waals surface area (Å²) >= 11 is 0. The van der Waals surface area contributed by atoms with Gasteiger partial charge in [-0.3, -0.25) is 9.98 Å². The molecular formula is C12H11N3O2S. The van der Waals surface area contributed by atoms with Gasteiger partial charge in [-0.05, 0) is 24.3 Å². The highest BCUT2D eigenvalue weighted by molar-refractivity contribution is 7.89. The molecule has 0 saturated heterocycles. The third-order valence-electron chi connectivity index (χ3n) is 2.20. The van der Waals surface area contributed by atoms with E-state index >= 15 is 0 Å². The summed E-state index contributed by atoms with van der Waals surface area (Å²) in [5.74, 6) is 0. The summed E-state index contributed by atoms with van der Waals surface area (Å²) < 4.78 is 22.7. The van der Waals surface area contributed by atoms with Crippen molar-refractivity contribution in [3.8, 4) is 0 Å². The maximum Gasteiger partial charge on any atom is 0.240 e. The van der Waals surface area contributed by atoms with Crippen molar-refractivity contribution in [3.05, 3.63) is 54.4 Å². The molecule has 0 fully saturated rings. The van der Waals surface area contributed by atoms with E-state index < -0.39 is 10.0 Å². The molecule has 18 heavy (non-hydrogen) atoms. The first-order chi connectivity index (χ1) is 8.57. The molecule has 0 radical (unpaired) electrons. The number of hydrogen-bond donors (Lipinski definition) is 1. The summed E-state index contributed by atoms with van der Waals surface area (Å²) in [6.45, 7) is 0. The predicted molar refractivity (Wildman–Crippen MR) is 69.3 cm³/mol. The fraction of sp³-hybridized carbons (Fsp3) is 0. The molecule has 2 rings (SSSR count). The van der Waals surface area contributed by atoms with Gasteiger partial charge in [-0.25, -0.2) is 13.6 Å². The van der Waals surface area contributed by atoms with Crippen LogP contribution in [0.4, 0.5) is 5.69 Å². The van der Waals surface area contributed by atoms with E-state index in [1.165, 1.54) is 12.3 Å². The first-order valence-corrected chi connectivity index (χ1v) is 6.69. The highest BCUT2D eigenvalue weighted by Crippen LogP contribution is 2.22. The molecule has 92 valence electrons. The summed E-state index contributed by atoms with van der Waals surface area (Å²) in [6.07, 6.45) is 3.12. The van der Waals surface area contributed by atoms with E-state index in [1.807, 2.05) is 6.07 Å². The van der Waals surface area contributed by atoms with Crippen LogP contribution in [0.5, 0.6) is 0 Å². The lowest BCUT2D eigenvalue weighted by atomic mass is 10.3. The molecule has 1 aromatic carbocycles. The molecule has 0 aliphatic carbocycles. The number of nitrogens with zero attached hydrogens (tertiary/aromatic N) is 2. The first kappa shape index (κ1) is 12.4. The molecule has 6 heteroatoms. The smallest absolute Gasteiger partial charge is 0.240 e. The highest BCUT2D eigenvalue weighted by atomic mass is 32.2. The standard InChI is InChI=1S/C12H11N3O2S/c13-18(16,17)12-7-2-1-6-11(12)15-9-10-5-3-4-8-14-10/h1-9H,(H2,13,16,17). The van der Waals surface area contributed by atoms with Gasteiger partial charge in [-0.2, -0.15) is 0 Å². The lowest BCUT2D eigenvalue weighted by Crippen LogP contribution is -2.12. The lowest BCUT2D eigenvalue weighted by Gasteiger charge is -2.01. The highest BCUT2D eigenvalue weighted by Gasteiger charge is 2.11. The number of pyridine rings is 1. The van der Waals surface area contributed by atoms with E-state index in [4.69, 9.17) is 5.14 Å². The maximum atomic E-state index is 11.4. The summed E-state index contributed by atoms with van der Waals surface area (Å²) in [5.41, 5.74) is 0.937. The van der Waals surface area contributed by atoms with Gasteiger partial charge in [-0.15, -0.1) is 0 Å². The van der Waals surface area contributed by atoms with E-state index in [2.05, 4.69) is 9.98 Å². The average Bonchev–Trinajstić information content (AvgIpc) is 2.37. The van der Waals surface area contributed by atoms with Crippen molar-refractivity contribution in [1.82, 2.24) is 4.98 Å². The molecule has 0 bridgehead atoms. The Balaban J connectivity index is 2.39. The number of para-hydroxylation sites is 1. The van der Waals surface area contributed by atoms with Crippen LogP contribution in [0.15, 0.2) is 58.5 Å². The van der Waals surface area contributed by atoms with Crippen LogP contribution < -0.4 is 5.14 Å². The van der Waals surface area contributed by atoms with Gasteiger partial charge in [0.05, 0.1) is 17.6 Å². The number of primary sulfonamides is 1. The number of hydrogen-bond acceptors (Lipinski definition) is 4. The number of nitrogens with two attached hydrogens (primary N) is 1. The quantitative estimate of drug-likeness (QED) is 0.849. The second-order valence-corrected chi connectivity index (χ2v) is 5.06. The Morgan fingerprint density at radius 2 is 1.83 bits per heavy atom. The van der Waals surface area contributed by atoms with Crippen molar-refractivity contribution in [1.29, 1.82) is 0 Å². The molecule has 5 nitrogen and oxygen atoms in total. The Bertz CT molecular complexity index is 667. The number of benzene rings is 1. The summed E-state index contributed by atoms with van der Waals surface area (Å²) in [6, 6.07) is 11.7. The van der Waals surface area contributed by atoms with E-state index in [0.29, 0.717) is 11.4 Å². The minimum Gasteiger partial charge on any atom is -0.255 e. The molecule has 2 aromatic rings. The molecule has 0 unspecified atom stereocenters. The van der Waals surface area contributed by atoms with E-state index in [-0.39, 0.29) is 4.90 Å². The van der Waals surface area contributed by atoms with Crippen molar-refractivity contribution in [2.45, 2.75) is 4.90 Å². The van der Waals surface area contributed by atoms with Gasteiger partial charge in [-0.1, -0.05) is 18.2 Å². The van der Waals surface area contributed by atoms with Crippen molar-refractivity contribution >= 4 is 21.9 Å². The van der Waals surface area contributed by atoms with E-state index in [0.717, 1.165) is 0 Å². The van der Waals surface area contributed by atoms with Crippen molar-refractivity contribution in [3.63, 3.8) is 0 Å². The van der Waals surface area contributed by atoms with Crippen LogP contribution in [0.3, 0.4) is 0 Å². The third-order valence-corrected chi connectivity index (χ3v) is 3.15. The Labute approximate surface area is 105 Å². The zero-order valence-electron chi connectivity index (χ0n) is 9.39. The molecule has 0 saturated carbocycles. The van der Waals surface area contributed by atoms with Gasteiger partial charge in [0.2, 0.25) is 10.0 Å². The van der Waals surface area contributed by atoms with Crippen LogP contribution >= 0.6 is 0 Å². The average molecular weight is 261 g/mol. The number of sulfonamides is 1. The van der Waals surface area contributed by atoms with E-state index in [9.17, 15) is 8.42 Å². The normalized spacial score (nSPS) is 11.8. The lowest BCUT2D eigenvalue weighted by molar-refractivity contribution is 0.598. The number of rotatable bonds is 3. The summed E-state index contributed by atoms with van der Waals surface area (Å²) in [7, 11) is -3.77. The minimum absolute atomic E-state index is 0.00261. The topological polar surface area (TPSA) is 85.4 Å². The van der Waals surface area contributed by atoms with Crippen LogP contribution in [-0.4, -0.2) is 19.6 Å². The fourth-order valence-corrected chi connectivity index (χ4v) is 2.07. The second kappa shape index (κ2) is 5.07. The van der Waals surface area contributed by atoms with E-state index in [1.54, 1.807) is 36.5 Å². The number of aliphatic imine (C=N–C) groups is 1. The molecule has 0 amide bonds. The van der Waals surface area contributed by atoms with Gasteiger partial charge < -0.3 is 0 Å². The predicted octanol–water partition coefficient (Wildman–Crippen LogP) is 1.48. The number of aromatic nitrogens is 1. The Morgan fingerprint density at radius 3 is 2.50 bits per heavy atom. The van der Waals surface area contributed by atoms with Crippen LogP contribution in [-0.2, 0) is 10.0 Å². The molecule has 0 atom stereocenters. The van der Waals surface area contributed by atoms with Crippen molar-refractivity contribution in [2.75, 3.05) is 0 Å². The summed E-state index contributed by atoms with van der Waals surface area (Å²) in [4.78, 5) is 8.15. The van der Waals surface area contributed by atoms with Gasteiger partial charge in [0.1, 0.15) is 4.90 Å². The Hall–Kier alpha value is -2.05. The van der Waals surface area contributed by atoms with Crippen molar-refractivity contribution < 1.29 is 8.42 Å². The molecule has 0 aliphatic rings. The monoisotopic (exact) mass is 261 g/mol. The van der Waals surface area contributed by atoms with Gasteiger partial charge >= 0.3 is 0 Å². The second-order valence-electron chi connectivity index (χ2n) is 3.53. The van der Waals surface area contributed by atoms with Gasteiger partial charge in [0.25, 0.3) is 0 Å². The maximum absolute atomic E-state index is 11.4. The largest absolute Gasteiger partial charge is 0.255 e. The zero-order chi connectivity index (χ0) is 13.0. The molecule has 1 aromatic heterocycles. The minimum atomic E-state index is -3.77. The van der Waals surface area contributed by atoms with Crippen LogP contribution in [0.2, 0.25) is 0 Å². The molecule has 2 N–H and O–H groups in total. The molecule has 0 aliphatic heterocycles. The van der Waals surface area contributed by atoms with Gasteiger partial charge in [0, 0.05) is 6.20 Å². The van der Waals surface area contributed by atoms with Crippen LogP contribution in [0.25, 0.3) is 0 Å².